The summed E-state index contributed by atoms with van der Waals surface area (Å²) >= 11 is 0. The molecule has 0 bridgehead atoms. The van der Waals surface area contributed by atoms with Crippen LogP contribution in [0, 0.1) is 18.8 Å². The molecule has 0 radical (unpaired) electrons. The zero-order chi connectivity index (χ0) is 27.5. The van der Waals surface area contributed by atoms with E-state index in [0.717, 1.165) is 49.5 Å². The van der Waals surface area contributed by atoms with E-state index in [0.29, 0.717) is 24.8 Å². The van der Waals surface area contributed by atoms with Crippen LogP contribution in [-0.4, -0.2) is 54.1 Å². The molecule has 7 nitrogen and oxygen atoms in total. The van der Waals surface area contributed by atoms with Gasteiger partial charge in [-0.2, -0.15) is 5.10 Å². The molecule has 1 aliphatic rings. The smallest absolute Gasteiger partial charge is 0.411 e. The zero-order valence-electron chi connectivity index (χ0n) is 24.1. The Bertz CT molecular complexity index is 772. The van der Waals surface area contributed by atoms with Gasteiger partial charge in [-0.15, -0.1) is 0 Å². The van der Waals surface area contributed by atoms with Crippen LogP contribution < -0.4 is 5.32 Å². The number of alkyl carbamates (subject to hydrolysis) is 1. The summed E-state index contributed by atoms with van der Waals surface area (Å²) in [6.45, 7) is 24.4. The van der Waals surface area contributed by atoms with E-state index in [4.69, 9.17) is 4.74 Å². The van der Waals surface area contributed by atoms with E-state index < -0.39 is 6.09 Å². The molecule has 1 aliphatic heterocycles. The number of phenols is 1. The summed E-state index contributed by atoms with van der Waals surface area (Å²) in [5, 5.41) is 18.0. The van der Waals surface area contributed by atoms with Gasteiger partial charge in [0, 0.05) is 12.9 Å². The molecule has 2 N–H and O–H groups in total. The Morgan fingerprint density at radius 2 is 1.92 bits per heavy atom. The van der Waals surface area contributed by atoms with Crippen molar-refractivity contribution >= 4 is 12.8 Å². The summed E-state index contributed by atoms with van der Waals surface area (Å²) in [7, 11) is 0. The Morgan fingerprint density at radius 3 is 2.44 bits per heavy atom. The highest BCUT2D eigenvalue weighted by molar-refractivity contribution is 5.68. The molecule has 1 amide bonds. The number of nitrogens with zero attached hydrogens (tertiary/aromatic N) is 3. The fourth-order valence-electron chi connectivity index (χ4n) is 3.44. The van der Waals surface area contributed by atoms with Gasteiger partial charge in [0.05, 0.1) is 18.8 Å². The molecule has 0 aliphatic carbocycles. The van der Waals surface area contributed by atoms with Crippen molar-refractivity contribution in [2.75, 3.05) is 26.2 Å². The molecule has 1 heterocycles. The molecular weight excluding hydrogens is 452 g/mol. The number of allylic oxidation sites excluding steroid dienone is 1. The monoisotopic (exact) mass is 504 g/mol. The number of amides is 1. The third-order valence-corrected chi connectivity index (χ3v) is 6.14. The largest absolute Gasteiger partial charge is 0.508 e. The van der Waals surface area contributed by atoms with Gasteiger partial charge < -0.3 is 14.7 Å². The number of ether oxygens (including phenoxy) is 1. The number of rotatable bonds is 10. The van der Waals surface area contributed by atoms with Crippen molar-refractivity contribution in [2.24, 2.45) is 16.9 Å². The quantitative estimate of drug-likeness (QED) is 0.267. The molecule has 36 heavy (non-hydrogen) atoms. The van der Waals surface area contributed by atoms with Crippen LogP contribution in [0.15, 0.2) is 35.2 Å². The van der Waals surface area contributed by atoms with Crippen LogP contribution in [0.2, 0.25) is 0 Å². The summed E-state index contributed by atoms with van der Waals surface area (Å²) in [5.74, 6) is 1.52. The molecule has 1 saturated heterocycles. The van der Waals surface area contributed by atoms with Crippen molar-refractivity contribution < 1.29 is 14.6 Å². The lowest BCUT2D eigenvalue weighted by atomic mass is 9.98. The van der Waals surface area contributed by atoms with Crippen molar-refractivity contribution in [3.05, 3.63) is 41.2 Å². The molecule has 206 valence electrons. The van der Waals surface area contributed by atoms with Gasteiger partial charge in [-0.25, -0.2) is 4.79 Å². The zero-order valence-corrected chi connectivity index (χ0v) is 24.1. The molecule has 0 atom stereocenters. The standard InChI is InChI=1S/C22H34N4O3.C5H12.C2H6/c1-5-10-25-11-8-19(9-12-25)16-29-22(28)24-14-18(3)26(23-4)15-20-13-21(27)7-6-17(20)2;1-4-5(2)3;1-2/h6-7,13-14,19,27H,4-5,8-12,15-16H2,1-3H3,(H,24,28);5H,4H2,1-3H3;1-2H3/b18-14-;;. The third kappa shape index (κ3) is 14.1. The maximum Gasteiger partial charge on any atom is 0.411 e. The molecule has 1 fully saturated rings. The number of aryl methyl sites for hydroxylation is 1. The normalized spacial score (nSPS) is 14.2. The average molecular weight is 505 g/mol. The van der Waals surface area contributed by atoms with Gasteiger partial charge in [0.1, 0.15) is 5.75 Å². The lowest BCUT2D eigenvalue weighted by Gasteiger charge is -2.31. The number of benzene rings is 1. The second kappa shape index (κ2) is 19.6. The molecule has 7 heteroatoms. The van der Waals surface area contributed by atoms with Crippen molar-refractivity contribution in [1.29, 1.82) is 0 Å². The number of aromatic hydroxyl groups is 1. The van der Waals surface area contributed by atoms with Crippen LogP contribution in [0.5, 0.6) is 5.75 Å². The van der Waals surface area contributed by atoms with Crippen LogP contribution in [0.25, 0.3) is 0 Å². The van der Waals surface area contributed by atoms with E-state index >= 15 is 0 Å². The second-order valence-corrected chi connectivity index (χ2v) is 9.43. The third-order valence-electron chi connectivity index (χ3n) is 6.14. The van der Waals surface area contributed by atoms with E-state index in [1.54, 1.807) is 23.3 Å². The highest BCUT2D eigenvalue weighted by Gasteiger charge is 2.19. The summed E-state index contributed by atoms with van der Waals surface area (Å²) in [6, 6.07) is 5.21. The number of hydrogen-bond donors (Lipinski definition) is 2. The number of carbonyl (C=O) groups excluding carboxylic acids is 1. The fraction of sp³-hybridized carbons (Fsp3) is 0.655. The maximum absolute atomic E-state index is 12.0. The number of piperidine rings is 1. The lowest BCUT2D eigenvalue weighted by Crippen LogP contribution is -2.36. The number of likely N-dealkylation sites (tertiary alicyclic amines) is 1. The Morgan fingerprint density at radius 1 is 1.31 bits per heavy atom. The summed E-state index contributed by atoms with van der Waals surface area (Å²) in [4.78, 5) is 14.5. The Labute approximate surface area is 220 Å². The molecule has 1 aromatic carbocycles. The minimum atomic E-state index is -0.460. The van der Waals surface area contributed by atoms with Crippen molar-refractivity contribution in [2.45, 2.75) is 87.6 Å². The van der Waals surface area contributed by atoms with E-state index in [-0.39, 0.29) is 5.75 Å². The molecule has 0 aromatic heterocycles. The van der Waals surface area contributed by atoms with E-state index in [1.165, 1.54) is 12.8 Å². The fourth-order valence-corrected chi connectivity index (χ4v) is 3.44. The number of nitrogens with one attached hydrogen (secondary N) is 1. The summed E-state index contributed by atoms with van der Waals surface area (Å²) in [5.41, 5.74) is 2.69. The first kappa shape index (κ1) is 33.5. The van der Waals surface area contributed by atoms with E-state index in [1.807, 2.05) is 33.8 Å². The SMILES string of the molecule is C=NN(Cc1cc(O)ccc1C)/C(C)=C\NC(=O)OCC1CCN(CCC)CC1.CC.CCC(C)C. The molecule has 0 spiro atoms. The lowest BCUT2D eigenvalue weighted by molar-refractivity contribution is 0.0984. The average Bonchev–Trinajstić information content (AvgIpc) is 2.89. The Hall–Kier alpha value is -2.54. The number of hydrazone groups is 1. The van der Waals surface area contributed by atoms with Gasteiger partial charge in [0.25, 0.3) is 0 Å². The minimum Gasteiger partial charge on any atom is -0.508 e. The second-order valence-electron chi connectivity index (χ2n) is 9.43. The van der Waals surface area contributed by atoms with Gasteiger partial charge in [-0.1, -0.05) is 54.0 Å². The van der Waals surface area contributed by atoms with Crippen LogP contribution >= 0.6 is 0 Å². The maximum atomic E-state index is 12.0. The van der Waals surface area contributed by atoms with Gasteiger partial charge in [0.15, 0.2) is 0 Å². The Kier molecular flexibility index (Phi) is 18.2. The molecular formula is C29H52N4O3. The molecule has 2 rings (SSSR count). The molecule has 0 unspecified atom stereocenters. The van der Waals surface area contributed by atoms with Crippen molar-refractivity contribution in [1.82, 2.24) is 15.2 Å². The van der Waals surface area contributed by atoms with Crippen LogP contribution in [0.3, 0.4) is 0 Å². The highest BCUT2D eigenvalue weighted by Crippen LogP contribution is 2.20. The van der Waals surface area contributed by atoms with Gasteiger partial charge in [-0.05, 0) is 87.8 Å². The Balaban J connectivity index is 0.00000156. The first-order valence-electron chi connectivity index (χ1n) is 13.5. The van der Waals surface area contributed by atoms with Crippen molar-refractivity contribution in [3.63, 3.8) is 0 Å². The number of hydrogen-bond acceptors (Lipinski definition) is 6. The highest BCUT2D eigenvalue weighted by atomic mass is 16.5. The van der Waals surface area contributed by atoms with Gasteiger partial charge in [-0.3, -0.25) is 10.3 Å². The number of carbonyl (C=O) groups is 1. The van der Waals surface area contributed by atoms with Gasteiger partial charge in [0.2, 0.25) is 0 Å². The van der Waals surface area contributed by atoms with Crippen LogP contribution in [-0.2, 0) is 11.3 Å². The minimum absolute atomic E-state index is 0.207. The van der Waals surface area contributed by atoms with Crippen LogP contribution in [0.4, 0.5) is 4.79 Å². The summed E-state index contributed by atoms with van der Waals surface area (Å²) in [6.07, 6.45) is 5.73. The predicted molar refractivity (Wildman–Crippen MR) is 152 cm³/mol. The first-order chi connectivity index (χ1) is 17.2. The predicted octanol–water partition coefficient (Wildman–Crippen LogP) is 6.91. The topological polar surface area (TPSA) is 77.4 Å². The van der Waals surface area contributed by atoms with E-state index in [9.17, 15) is 9.90 Å². The molecule has 0 saturated carbocycles. The molecule has 1 aromatic rings. The van der Waals surface area contributed by atoms with E-state index in [2.05, 4.69) is 49.7 Å². The van der Waals surface area contributed by atoms with Crippen LogP contribution in [0.1, 0.15) is 85.3 Å². The van der Waals surface area contributed by atoms with Crippen molar-refractivity contribution in [3.8, 4) is 5.75 Å². The first-order valence-corrected chi connectivity index (χ1v) is 13.5. The van der Waals surface area contributed by atoms with Gasteiger partial charge >= 0.3 is 6.09 Å². The number of phenolic OH excluding ortho intramolecular Hbond substituents is 1. The summed E-state index contributed by atoms with van der Waals surface area (Å²) < 4.78 is 5.38.